The molecule has 3 saturated heterocycles. The van der Waals surface area contributed by atoms with E-state index in [1.54, 1.807) is 6.20 Å². The number of likely N-dealkylation sites (tertiary alicyclic amines) is 3. The first-order chi connectivity index (χ1) is 13.7. The van der Waals surface area contributed by atoms with Gasteiger partial charge in [-0.25, -0.2) is 9.78 Å². The maximum Gasteiger partial charge on any atom is 0.319 e. The zero-order valence-electron chi connectivity index (χ0n) is 16.6. The van der Waals surface area contributed by atoms with Gasteiger partial charge in [-0.3, -0.25) is 4.79 Å². The lowest BCUT2D eigenvalue weighted by Gasteiger charge is -2.37. The van der Waals surface area contributed by atoms with Gasteiger partial charge in [-0.2, -0.15) is 0 Å². The maximum absolute atomic E-state index is 12.8. The lowest BCUT2D eigenvalue weighted by Crippen LogP contribution is -2.50. The van der Waals surface area contributed by atoms with Gasteiger partial charge in [0.15, 0.2) is 0 Å². The van der Waals surface area contributed by atoms with Gasteiger partial charge in [0.2, 0.25) is 0 Å². The number of hydrogen-bond donors (Lipinski definition) is 1. The Morgan fingerprint density at radius 1 is 0.857 bits per heavy atom. The Morgan fingerprint density at radius 2 is 1.46 bits per heavy atom. The molecule has 4 rings (SSSR count). The molecule has 0 radical (unpaired) electrons. The number of carbonyl (C=O) groups excluding carboxylic acids is 2. The Labute approximate surface area is 167 Å². The number of amides is 3. The number of piperidine rings is 2. The van der Waals surface area contributed by atoms with E-state index in [9.17, 15) is 9.59 Å². The molecule has 1 aromatic rings. The Balaban J connectivity index is 1.33. The molecular weight excluding hydrogens is 354 g/mol. The molecule has 0 aliphatic carbocycles. The SMILES string of the molecule is O=C(c1cccnc1NC1CCN(C(=O)N2CCCCC2)CC1)N1CCCC1. The van der Waals surface area contributed by atoms with E-state index in [1.165, 1.54) is 6.42 Å². The van der Waals surface area contributed by atoms with E-state index < -0.39 is 0 Å². The number of urea groups is 1. The molecule has 3 amide bonds. The molecule has 1 aromatic heterocycles. The zero-order valence-corrected chi connectivity index (χ0v) is 16.6. The smallest absolute Gasteiger partial charge is 0.319 e. The number of aromatic nitrogens is 1. The molecule has 1 N–H and O–H groups in total. The summed E-state index contributed by atoms with van der Waals surface area (Å²) in [4.78, 5) is 35.8. The van der Waals surface area contributed by atoms with Crippen molar-refractivity contribution in [3.8, 4) is 0 Å². The number of nitrogens with zero attached hydrogens (tertiary/aromatic N) is 4. The number of pyridine rings is 1. The van der Waals surface area contributed by atoms with Gasteiger partial charge in [0.25, 0.3) is 5.91 Å². The van der Waals surface area contributed by atoms with Crippen molar-refractivity contribution in [1.29, 1.82) is 0 Å². The summed E-state index contributed by atoms with van der Waals surface area (Å²) in [6.07, 6.45) is 9.14. The molecule has 3 fully saturated rings. The molecule has 152 valence electrons. The van der Waals surface area contributed by atoms with Crippen molar-refractivity contribution in [1.82, 2.24) is 19.7 Å². The van der Waals surface area contributed by atoms with Crippen LogP contribution in [-0.4, -0.2) is 76.9 Å². The van der Waals surface area contributed by atoms with Crippen LogP contribution in [-0.2, 0) is 0 Å². The largest absolute Gasteiger partial charge is 0.367 e. The number of nitrogens with one attached hydrogen (secondary N) is 1. The molecule has 0 unspecified atom stereocenters. The van der Waals surface area contributed by atoms with Gasteiger partial charge in [-0.1, -0.05) is 0 Å². The highest BCUT2D eigenvalue weighted by atomic mass is 16.2. The lowest BCUT2D eigenvalue weighted by molar-refractivity contribution is 0.0793. The van der Waals surface area contributed by atoms with E-state index in [0.717, 1.165) is 77.8 Å². The van der Waals surface area contributed by atoms with Crippen LogP contribution < -0.4 is 5.32 Å². The van der Waals surface area contributed by atoms with Crippen molar-refractivity contribution in [3.63, 3.8) is 0 Å². The van der Waals surface area contributed by atoms with E-state index in [-0.39, 0.29) is 18.0 Å². The second-order valence-electron chi connectivity index (χ2n) is 8.13. The molecule has 0 aromatic carbocycles. The first-order valence-corrected chi connectivity index (χ1v) is 10.8. The van der Waals surface area contributed by atoms with Crippen LogP contribution in [0.15, 0.2) is 18.3 Å². The van der Waals surface area contributed by atoms with Crippen LogP contribution in [0.3, 0.4) is 0 Å². The predicted octanol–water partition coefficient (Wildman–Crippen LogP) is 2.80. The summed E-state index contributed by atoms with van der Waals surface area (Å²) in [5.41, 5.74) is 0.663. The molecule has 3 aliphatic rings. The average molecular weight is 386 g/mol. The molecule has 3 aliphatic heterocycles. The van der Waals surface area contributed by atoms with Crippen LogP contribution in [0.4, 0.5) is 10.6 Å². The van der Waals surface area contributed by atoms with E-state index in [0.29, 0.717) is 11.4 Å². The van der Waals surface area contributed by atoms with Crippen LogP contribution in [0.1, 0.15) is 55.3 Å². The summed E-state index contributed by atoms with van der Waals surface area (Å²) in [5.74, 6) is 0.756. The summed E-state index contributed by atoms with van der Waals surface area (Å²) in [7, 11) is 0. The first kappa shape index (κ1) is 19.0. The zero-order chi connectivity index (χ0) is 19.3. The van der Waals surface area contributed by atoms with E-state index >= 15 is 0 Å². The molecule has 0 bridgehead atoms. The highest BCUT2D eigenvalue weighted by molar-refractivity contribution is 5.98. The minimum Gasteiger partial charge on any atom is -0.367 e. The molecule has 7 heteroatoms. The molecule has 0 atom stereocenters. The fraction of sp³-hybridized carbons (Fsp3) is 0.667. The van der Waals surface area contributed by atoms with Crippen LogP contribution in [0, 0.1) is 0 Å². The molecule has 4 heterocycles. The third kappa shape index (κ3) is 4.23. The van der Waals surface area contributed by atoms with Gasteiger partial charge in [0, 0.05) is 51.5 Å². The lowest BCUT2D eigenvalue weighted by atomic mass is 10.0. The number of hydrogen-bond acceptors (Lipinski definition) is 4. The van der Waals surface area contributed by atoms with Gasteiger partial charge in [0.1, 0.15) is 5.82 Å². The molecule has 0 spiro atoms. The average Bonchev–Trinajstić information content (AvgIpc) is 3.29. The Kier molecular flexibility index (Phi) is 5.98. The fourth-order valence-corrected chi connectivity index (χ4v) is 4.48. The van der Waals surface area contributed by atoms with Gasteiger partial charge < -0.3 is 20.0 Å². The Bertz CT molecular complexity index is 690. The van der Waals surface area contributed by atoms with Gasteiger partial charge >= 0.3 is 6.03 Å². The van der Waals surface area contributed by atoms with Gasteiger partial charge in [-0.15, -0.1) is 0 Å². The van der Waals surface area contributed by atoms with Gasteiger partial charge in [-0.05, 0) is 57.1 Å². The monoisotopic (exact) mass is 385 g/mol. The number of carbonyl (C=O) groups is 2. The summed E-state index contributed by atoms with van der Waals surface area (Å²) in [6, 6.07) is 4.13. The normalized spacial score (nSPS) is 21.1. The number of anilines is 1. The van der Waals surface area contributed by atoms with E-state index in [4.69, 9.17) is 0 Å². The molecule has 0 saturated carbocycles. The van der Waals surface area contributed by atoms with Crippen LogP contribution in [0.5, 0.6) is 0 Å². The first-order valence-electron chi connectivity index (χ1n) is 10.8. The second kappa shape index (κ2) is 8.80. The quantitative estimate of drug-likeness (QED) is 0.869. The van der Waals surface area contributed by atoms with Crippen molar-refractivity contribution in [2.24, 2.45) is 0 Å². The standard InChI is InChI=1S/C21H31N5O2/c27-20(24-11-4-5-12-24)18-7-6-10-22-19(18)23-17-8-15-26(16-9-17)21(28)25-13-2-1-3-14-25/h6-7,10,17H,1-5,8-9,11-16H2,(H,22,23). The summed E-state index contributed by atoms with van der Waals surface area (Å²) >= 11 is 0. The van der Waals surface area contributed by atoms with Gasteiger partial charge in [0.05, 0.1) is 5.56 Å². The highest BCUT2D eigenvalue weighted by Crippen LogP contribution is 2.22. The van der Waals surface area contributed by atoms with Crippen molar-refractivity contribution < 1.29 is 9.59 Å². The molecule has 7 nitrogen and oxygen atoms in total. The van der Waals surface area contributed by atoms with Crippen molar-refractivity contribution in [2.45, 2.75) is 51.0 Å². The van der Waals surface area contributed by atoms with Crippen LogP contribution in [0.2, 0.25) is 0 Å². The topological polar surface area (TPSA) is 68.8 Å². The molecular formula is C21H31N5O2. The van der Waals surface area contributed by atoms with Crippen molar-refractivity contribution >= 4 is 17.8 Å². The van der Waals surface area contributed by atoms with Crippen LogP contribution in [0.25, 0.3) is 0 Å². The Hall–Kier alpha value is -2.31. The second-order valence-corrected chi connectivity index (χ2v) is 8.13. The maximum atomic E-state index is 12.8. The summed E-state index contributed by atoms with van der Waals surface area (Å²) < 4.78 is 0. The minimum absolute atomic E-state index is 0.0748. The Morgan fingerprint density at radius 3 is 2.18 bits per heavy atom. The van der Waals surface area contributed by atoms with E-state index in [2.05, 4.69) is 10.3 Å². The van der Waals surface area contributed by atoms with Crippen LogP contribution >= 0.6 is 0 Å². The third-order valence-electron chi connectivity index (χ3n) is 6.16. The van der Waals surface area contributed by atoms with E-state index in [1.807, 2.05) is 26.8 Å². The third-order valence-corrected chi connectivity index (χ3v) is 6.16. The van der Waals surface area contributed by atoms with Crippen molar-refractivity contribution in [3.05, 3.63) is 23.9 Å². The summed E-state index contributed by atoms with van der Waals surface area (Å²) in [6.45, 7) is 4.98. The van der Waals surface area contributed by atoms with Crippen molar-refractivity contribution in [2.75, 3.05) is 44.6 Å². The number of rotatable bonds is 3. The molecule has 28 heavy (non-hydrogen) atoms. The summed E-state index contributed by atoms with van der Waals surface area (Å²) in [5, 5.41) is 3.48. The highest BCUT2D eigenvalue weighted by Gasteiger charge is 2.28. The fourth-order valence-electron chi connectivity index (χ4n) is 4.48. The minimum atomic E-state index is 0.0748. The predicted molar refractivity (Wildman–Crippen MR) is 108 cm³/mol.